The van der Waals surface area contributed by atoms with E-state index in [1.165, 1.54) is 12.1 Å². The average Bonchev–Trinajstić information content (AvgIpc) is 2.97. The molecule has 0 unspecified atom stereocenters. The maximum absolute atomic E-state index is 12.7. The molecule has 0 fully saturated rings. The van der Waals surface area contributed by atoms with Gasteiger partial charge in [-0.25, -0.2) is 4.79 Å². The van der Waals surface area contributed by atoms with Crippen molar-refractivity contribution in [3.05, 3.63) is 65.4 Å². The Morgan fingerprint density at radius 3 is 2.19 bits per heavy atom. The molecule has 0 radical (unpaired) electrons. The Morgan fingerprint density at radius 1 is 0.963 bits per heavy atom. The lowest BCUT2D eigenvalue weighted by Crippen LogP contribution is -2.20. The van der Waals surface area contributed by atoms with E-state index in [1.54, 1.807) is 19.1 Å². The van der Waals surface area contributed by atoms with Crippen LogP contribution in [0.2, 0.25) is 0 Å². The van der Waals surface area contributed by atoms with Crippen LogP contribution in [0.1, 0.15) is 16.8 Å². The SMILES string of the molecule is Cc1ccc(NC(=O)Nc2c(C)noc2-c2ccc(C(F)(F)F)cc2)cc1. The maximum Gasteiger partial charge on any atom is 0.416 e. The molecule has 27 heavy (non-hydrogen) atoms. The smallest absolute Gasteiger partial charge is 0.354 e. The van der Waals surface area contributed by atoms with Crippen LogP contribution in [-0.4, -0.2) is 11.2 Å². The Balaban J connectivity index is 1.80. The largest absolute Gasteiger partial charge is 0.416 e. The average molecular weight is 375 g/mol. The third-order valence-corrected chi connectivity index (χ3v) is 3.89. The standard InChI is InChI=1S/C19H16F3N3O2/c1-11-3-9-15(10-4-11)23-18(26)24-16-12(2)25-27-17(16)13-5-7-14(8-6-13)19(20,21)22/h3-10H,1-2H3,(H2,23,24,26). The van der Waals surface area contributed by atoms with E-state index in [9.17, 15) is 18.0 Å². The molecule has 140 valence electrons. The fourth-order valence-electron chi connectivity index (χ4n) is 2.44. The van der Waals surface area contributed by atoms with Gasteiger partial charge in [0.05, 0.1) is 5.56 Å². The van der Waals surface area contributed by atoms with Crippen LogP contribution >= 0.6 is 0 Å². The van der Waals surface area contributed by atoms with Gasteiger partial charge in [-0.15, -0.1) is 0 Å². The molecule has 0 atom stereocenters. The van der Waals surface area contributed by atoms with E-state index in [2.05, 4.69) is 15.8 Å². The van der Waals surface area contributed by atoms with Crippen molar-refractivity contribution in [3.63, 3.8) is 0 Å². The van der Waals surface area contributed by atoms with Crippen molar-refractivity contribution in [2.45, 2.75) is 20.0 Å². The third-order valence-electron chi connectivity index (χ3n) is 3.89. The zero-order valence-corrected chi connectivity index (χ0v) is 14.5. The highest BCUT2D eigenvalue weighted by molar-refractivity contribution is 6.02. The minimum absolute atomic E-state index is 0.181. The number of nitrogens with one attached hydrogen (secondary N) is 2. The Bertz CT molecular complexity index is 946. The van der Waals surface area contributed by atoms with E-state index in [1.807, 2.05) is 19.1 Å². The van der Waals surface area contributed by atoms with Crippen molar-refractivity contribution in [1.82, 2.24) is 5.16 Å². The van der Waals surface area contributed by atoms with Crippen LogP contribution in [0, 0.1) is 13.8 Å². The number of benzene rings is 2. The quantitative estimate of drug-likeness (QED) is 0.624. The molecule has 0 aliphatic rings. The van der Waals surface area contributed by atoms with Gasteiger partial charge in [-0.3, -0.25) is 0 Å². The predicted octanol–water partition coefficient (Wildman–Crippen LogP) is 5.62. The molecule has 2 N–H and O–H groups in total. The summed E-state index contributed by atoms with van der Waals surface area (Å²) in [6.07, 6.45) is -4.43. The van der Waals surface area contributed by atoms with Gasteiger partial charge in [0, 0.05) is 11.3 Å². The number of hydrogen-bond acceptors (Lipinski definition) is 3. The number of carbonyl (C=O) groups is 1. The summed E-state index contributed by atoms with van der Waals surface area (Å²) in [7, 11) is 0. The molecule has 8 heteroatoms. The normalized spacial score (nSPS) is 11.3. The zero-order chi connectivity index (χ0) is 19.6. The van der Waals surface area contributed by atoms with Crippen LogP contribution in [-0.2, 0) is 6.18 Å². The van der Waals surface area contributed by atoms with Gasteiger partial charge in [-0.2, -0.15) is 13.2 Å². The number of nitrogens with zero attached hydrogens (tertiary/aromatic N) is 1. The lowest BCUT2D eigenvalue weighted by molar-refractivity contribution is -0.137. The first kappa shape index (κ1) is 18.5. The number of anilines is 2. The fourth-order valence-corrected chi connectivity index (χ4v) is 2.44. The lowest BCUT2D eigenvalue weighted by Gasteiger charge is -2.09. The van der Waals surface area contributed by atoms with Crippen molar-refractivity contribution < 1.29 is 22.5 Å². The molecule has 5 nitrogen and oxygen atoms in total. The molecule has 0 bridgehead atoms. The van der Waals surface area contributed by atoms with Gasteiger partial charge in [-0.05, 0) is 38.1 Å². The molecule has 0 aliphatic heterocycles. The summed E-state index contributed by atoms with van der Waals surface area (Å²) in [6.45, 7) is 3.55. The topological polar surface area (TPSA) is 67.2 Å². The van der Waals surface area contributed by atoms with Crippen molar-refractivity contribution in [1.29, 1.82) is 0 Å². The van der Waals surface area contributed by atoms with Gasteiger partial charge in [0.1, 0.15) is 11.4 Å². The van der Waals surface area contributed by atoms with E-state index in [4.69, 9.17) is 4.52 Å². The molecule has 1 heterocycles. The van der Waals surface area contributed by atoms with Gasteiger partial charge < -0.3 is 15.2 Å². The highest BCUT2D eigenvalue weighted by atomic mass is 19.4. The molecular weight excluding hydrogens is 359 g/mol. The molecule has 3 aromatic rings. The lowest BCUT2D eigenvalue weighted by atomic mass is 10.1. The molecule has 2 amide bonds. The summed E-state index contributed by atoms with van der Waals surface area (Å²) in [5.41, 5.74) is 1.95. The summed E-state index contributed by atoms with van der Waals surface area (Å²) in [6, 6.07) is 11.1. The van der Waals surface area contributed by atoms with Crippen LogP contribution in [0.4, 0.5) is 29.3 Å². The van der Waals surface area contributed by atoms with Gasteiger partial charge in [-0.1, -0.05) is 35.0 Å². The Labute approximate surface area is 153 Å². The summed E-state index contributed by atoms with van der Waals surface area (Å²) in [5, 5.41) is 9.11. The highest BCUT2D eigenvalue weighted by Crippen LogP contribution is 2.34. The van der Waals surface area contributed by atoms with E-state index in [0.717, 1.165) is 17.7 Å². The second-order valence-corrected chi connectivity index (χ2v) is 5.99. The van der Waals surface area contributed by atoms with E-state index in [-0.39, 0.29) is 5.76 Å². The van der Waals surface area contributed by atoms with Crippen LogP contribution in [0.15, 0.2) is 53.1 Å². The summed E-state index contributed by atoms with van der Waals surface area (Å²) >= 11 is 0. The van der Waals surface area contributed by atoms with Crippen molar-refractivity contribution in [2.24, 2.45) is 0 Å². The monoisotopic (exact) mass is 375 g/mol. The van der Waals surface area contributed by atoms with Gasteiger partial charge in [0.2, 0.25) is 0 Å². The second kappa shape index (κ2) is 7.14. The molecule has 0 saturated heterocycles. The molecule has 0 aliphatic carbocycles. The van der Waals surface area contributed by atoms with Crippen LogP contribution < -0.4 is 10.6 Å². The van der Waals surface area contributed by atoms with Gasteiger partial charge in [0.15, 0.2) is 5.76 Å². The molecule has 3 rings (SSSR count). The highest BCUT2D eigenvalue weighted by Gasteiger charge is 2.30. The number of aryl methyl sites for hydroxylation is 2. The van der Waals surface area contributed by atoms with E-state index in [0.29, 0.717) is 22.6 Å². The summed E-state index contributed by atoms with van der Waals surface area (Å²) in [4.78, 5) is 12.2. The predicted molar refractivity (Wildman–Crippen MR) is 95.5 cm³/mol. The first-order chi connectivity index (χ1) is 12.7. The number of rotatable bonds is 3. The second-order valence-electron chi connectivity index (χ2n) is 5.99. The zero-order valence-electron chi connectivity index (χ0n) is 14.5. The van der Waals surface area contributed by atoms with Crippen molar-refractivity contribution in [3.8, 4) is 11.3 Å². The van der Waals surface area contributed by atoms with Crippen LogP contribution in [0.25, 0.3) is 11.3 Å². The number of amides is 2. The van der Waals surface area contributed by atoms with Crippen LogP contribution in [0.5, 0.6) is 0 Å². The number of halogens is 3. The summed E-state index contributed by atoms with van der Waals surface area (Å²) < 4.78 is 43.3. The number of carbonyl (C=O) groups excluding carboxylic acids is 1. The Hall–Kier alpha value is -3.29. The number of aromatic nitrogens is 1. The molecule has 0 saturated carbocycles. The van der Waals surface area contributed by atoms with Crippen LogP contribution in [0.3, 0.4) is 0 Å². The first-order valence-corrected chi connectivity index (χ1v) is 8.02. The number of urea groups is 1. The van der Waals surface area contributed by atoms with Crippen molar-refractivity contribution >= 4 is 17.4 Å². The molecule has 1 aromatic heterocycles. The third kappa shape index (κ3) is 4.28. The minimum Gasteiger partial charge on any atom is -0.354 e. The Kier molecular flexibility index (Phi) is 4.89. The van der Waals surface area contributed by atoms with Gasteiger partial charge >= 0.3 is 12.2 Å². The molecular formula is C19H16F3N3O2. The minimum atomic E-state index is -4.43. The van der Waals surface area contributed by atoms with Crippen molar-refractivity contribution in [2.75, 3.05) is 10.6 Å². The van der Waals surface area contributed by atoms with Gasteiger partial charge in [0.25, 0.3) is 0 Å². The number of alkyl halides is 3. The molecule has 0 spiro atoms. The fraction of sp³-hybridized carbons (Fsp3) is 0.158. The maximum atomic E-state index is 12.7. The Morgan fingerprint density at radius 2 is 1.59 bits per heavy atom. The van der Waals surface area contributed by atoms with E-state index < -0.39 is 17.8 Å². The first-order valence-electron chi connectivity index (χ1n) is 8.02. The summed E-state index contributed by atoms with van der Waals surface area (Å²) in [5.74, 6) is 0.181. The van der Waals surface area contributed by atoms with E-state index >= 15 is 0 Å². The molecule has 2 aromatic carbocycles. The number of hydrogen-bond donors (Lipinski definition) is 2.